The third-order valence-electron chi connectivity index (χ3n) is 3.97. The summed E-state index contributed by atoms with van der Waals surface area (Å²) in [4.78, 5) is 15.9. The molecule has 3 aromatic rings. The van der Waals surface area contributed by atoms with Crippen molar-refractivity contribution in [3.63, 3.8) is 0 Å². The highest BCUT2D eigenvalue weighted by Gasteiger charge is 2.15. The van der Waals surface area contributed by atoms with Gasteiger partial charge in [0.05, 0.1) is 11.0 Å². The van der Waals surface area contributed by atoms with Crippen molar-refractivity contribution in [2.24, 2.45) is 0 Å². The molecule has 0 fully saturated rings. The van der Waals surface area contributed by atoms with Crippen molar-refractivity contribution in [1.82, 2.24) is 9.55 Å². The van der Waals surface area contributed by atoms with Crippen LogP contribution in [0.5, 0.6) is 0 Å². The van der Waals surface area contributed by atoms with Crippen LogP contribution in [-0.2, 0) is 11.3 Å². The fraction of sp³-hybridized carbons (Fsp3) is 0.222. The second kappa shape index (κ2) is 5.30. The summed E-state index contributed by atoms with van der Waals surface area (Å²) < 4.78 is 1.77. The Bertz CT molecular complexity index is 861. The van der Waals surface area contributed by atoms with Gasteiger partial charge in [-0.2, -0.15) is 0 Å². The summed E-state index contributed by atoms with van der Waals surface area (Å²) in [5, 5.41) is 9.24. The molecule has 4 heteroatoms. The number of carboxylic acid groups (broad SMARTS) is 1. The smallest absolute Gasteiger partial charge is 0.323 e. The molecule has 2 aromatic carbocycles. The predicted octanol–water partition coefficient (Wildman–Crippen LogP) is 3.71. The lowest BCUT2D eigenvalue weighted by atomic mass is 10.1. The lowest BCUT2D eigenvalue weighted by Crippen LogP contribution is -2.10. The number of aliphatic carboxylic acids is 1. The number of imidazole rings is 1. The molecule has 0 aliphatic rings. The zero-order valence-corrected chi connectivity index (χ0v) is 12.9. The highest BCUT2D eigenvalue weighted by molar-refractivity contribution is 5.84. The Hall–Kier alpha value is -2.62. The average molecular weight is 294 g/mol. The first kappa shape index (κ1) is 14.3. The second-order valence-corrected chi connectivity index (χ2v) is 5.71. The number of hydrogen-bond donors (Lipinski definition) is 1. The molecule has 0 radical (unpaired) electrons. The Kier molecular flexibility index (Phi) is 3.45. The van der Waals surface area contributed by atoms with Crippen LogP contribution in [0.1, 0.15) is 16.7 Å². The predicted molar refractivity (Wildman–Crippen MR) is 87.0 cm³/mol. The first-order valence-corrected chi connectivity index (χ1v) is 7.22. The standard InChI is InChI=1S/C18H18N2O2/c1-11-4-6-14(7-5-11)18-19-15-8-12(2)13(3)9-16(15)20(18)10-17(21)22/h4-9H,10H2,1-3H3,(H,21,22). The van der Waals surface area contributed by atoms with E-state index in [0.717, 1.165) is 33.3 Å². The molecule has 0 unspecified atom stereocenters. The minimum absolute atomic E-state index is 0.0950. The van der Waals surface area contributed by atoms with Crippen molar-refractivity contribution < 1.29 is 9.90 Å². The van der Waals surface area contributed by atoms with Crippen LogP contribution < -0.4 is 0 Å². The van der Waals surface area contributed by atoms with Crippen molar-refractivity contribution >= 4 is 17.0 Å². The lowest BCUT2D eigenvalue weighted by molar-refractivity contribution is -0.137. The quantitative estimate of drug-likeness (QED) is 0.801. The van der Waals surface area contributed by atoms with E-state index in [-0.39, 0.29) is 6.54 Å². The van der Waals surface area contributed by atoms with Crippen LogP contribution >= 0.6 is 0 Å². The molecule has 0 aliphatic heterocycles. The first-order valence-electron chi connectivity index (χ1n) is 7.22. The van der Waals surface area contributed by atoms with Crippen LogP contribution in [0.15, 0.2) is 36.4 Å². The monoisotopic (exact) mass is 294 g/mol. The van der Waals surface area contributed by atoms with Crippen LogP contribution in [0, 0.1) is 20.8 Å². The minimum Gasteiger partial charge on any atom is -0.480 e. The van der Waals surface area contributed by atoms with Gasteiger partial charge in [-0.25, -0.2) is 4.98 Å². The number of hydrogen-bond acceptors (Lipinski definition) is 2. The largest absolute Gasteiger partial charge is 0.480 e. The Labute approximate surface area is 129 Å². The van der Waals surface area contributed by atoms with Gasteiger partial charge < -0.3 is 9.67 Å². The highest BCUT2D eigenvalue weighted by atomic mass is 16.4. The maximum absolute atomic E-state index is 11.3. The van der Waals surface area contributed by atoms with Crippen LogP contribution in [-0.4, -0.2) is 20.6 Å². The molecule has 112 valence electrons. The van der Waals surface area contributed by atoms with Gasteiger partial charge >= 0.3 is 5.97 Å². The molecule has 0 saturated carbocycles. The number of rotatable bonds is 3. The Balaban J connectivity index is 2.28. The molecule has 1 N–H and O–H groups in total. The summed E-state index contributed by atoms with van der Waals surface area (Å²) in [6.07, 6.45) is 0. The number of aromatic nitrogens is 2. The molecular formula is C18H18N2O2. The Morgan fingerprint density at radius 2 is 1.73 bits per heavy atom. The molecule has 3 rings (SSSR count). The number of nitrogens with zero attached hydrogens (tertiary/aromatic N) is 2. The topological polar surface area (TPSA) is 55.1 Å². The summed E-state index contributed by atoms with van der Waals surface area (Å²) in [5.41, 5.74) is 6.08. The molecule has 0 bridgehead atoms. The molecular weight excluding hydrogens is 276 g/mol. The van der Waals surface area contributed by atoms with Crippen molar-refractivity contribution in [2.75, 3.05) is 0 Å². The number of fused-ring (bicyclic) bond motifs is 1. The van der Waals surface area contributed by atoms with E-state index in [4.69, 9.17) is 0 Å². The van der Waals surface area contributed by atoms with E-state index in [0.29, 0.717) is 5.82 Å². The Morgan fingerprint density at radius 3 is 2.36 bits per heavy atom. The molecule has 1 heterocycles. The van der Waals surface area contributed by atoms with Crippen LogP contribution in [0.3, 0.4) is 0 Å². The molecule has 0 saturated heterocycles. The highest BCUT2D eigenvalue weighted by Crippen LogP contribution is 2.27. The fourth-order valence-corrected chi connectivity index (χ4v) is 2.60. The molecule has 0 amide bonds. The van der Waals surface area contributed by atoms with Crippen molar-refractivity contribution in [1.29, 1.82) is 0 Å². The van der Waals surface area contributed by atoms with Gasteiger partial charge in [-0.05, 0) is 44.0 Å². The van der Waals surface area contributed by atoms with Gasteiger partial charge in [-0.3, -0.25) is 4.79 Å². The van der Waals surface area contributed by atoms with Crippen molar-refractivity contribution in [2.45, 2.75) is 27.3 Å². The molecule has 22 heavy (non-hydrogen) atoms. The second-order valence-electron chi connectivity index (χ2n) is 5.71. The van der Waals surface area contributed by atoms with E-state index >= 15 is 0 Å². The van der Waals surface area contributed by atoms with E-state index in [1.807, 2.05) is 57.2 Å². The zero-order valence-electron chi connectivity index (χ0n) is 12.9. The lowest BCUT2D eigenvalue weighted by Gasteiger charge is -2.07. The molecule has 0 spiro atoms. The van der Waals surface area contributed by atoms with Gasteiger partial charge in [0.1, 0.15) is 12.4 Å². The van der Waals surface area contributed by atoms with E-state index in [1.54, 1.807) is 4.57 Å². The van der Waals surface area contributed by atoms with Crippen molar-refractivity contribution in [3.05, 3.63) is 53.1 Å². The molecule has 1 aromatic heterocycles. The van der Waals surface area contributed by atoms with E-state index < -0.39 is 5.97 Å². The average Bonchev–Trinajstić information content (AvgIpc) is 2.78. The third-order valence-corrected chi connectivity index (χ3v) is 3.97. The maximum atomic E-state index is 11.3. The van der Waals surface area contributed by atoms with Gasteiger partial charge in [0.15, 0.2) is 0 Å². The summed E-state index contributed by atoms with van der Waals surface area (Å²) >= 11 is 0. The number of carboxylic acids is 1. The minimum atomic E-state index is -0.870. The number of carbonyl (C=O) groups is 1. The summed E-state index contributed by atoms with van der Waals surface area (Å²) in [6.45, 7) is 5.99. The van der Waals surface area contributed by atoms with Crippen molar-refractivity contribution in [3.8, 4) is 11.4 Å². The molecule has 0 aliphatic carbocycles. The Morgan fingerprint density at radius 1 is 1.09 bits per heavy atom. The SMILES string of the molecule is Cc1ccc(-c2nc3cc(C)c(C)cc3n2CC(=O)O)cc1. The van der Waals surface area contributed by atoms with Crippen LogP contribution in [0.25, 0.3) is 22.4 Å². The molecule has 0 atom stereocenters. The maximum Gasteiger partial charge on any atom is 0.323 e. The van der Waals surface area contributed by atoms with E-state index in [2.05, 4.69) is 4.98 Å². The van der Waals surface area contributed by atoms with Gasteiger partial charge in [-0.15, -0.1) is 0 Å². The molecule has 4 nitrogen and oxygen atoms in total. The van der Waals surface area contributed by atoms with Crippen LogP contribution in [0.4, 0.5) is 0 Å². The summed E-state index contributed by atoms with van der Waals surface area (Å²) in [7, 11) is 0. The van der Waals surface area contributed by atoms with Gasteiger partial charge in [0, 0.05) is 5.56 Å². The first-order chi connectivity index (χ1) is 10.5. The van der Waals surface area contributed by atoms with Gasteiger partial charge in [0.2, 0.25) is 0 Å². The summed E-state index contributed by atoms with van der Waals surface area (Å²) in [6, 6.07) is 12.0. The van der Waals surface area contributed by atoms with Gasteiger partial charge in [0.25, 0.3) is 0 Å². The van der Waals surface area contributed by atoms with Gasteiger partial charge in [-0.1, -0.05) is 29.8 Å². The fourth-order valence-electron chi connectivity index (χ4n) is 2.60. The summed E-state index contributed by atoms with van der Waals surface area (Å²) in [5.74, 6) is -0.173. The zero-order chi connectivity index (χ0) is 15.9. The normalized spacial score (nSPS) is 11.0. The van der Waals surface area contributed by atoms with E-state index in [9.17, 15) is 9.90 Å². The third kappa shape index (κ3) is 2.48. The van der Waals surface area contributed by atoms with Crippen LogP contribution in [0.2, 0.25) is 0 Å². The number of aryl methyl sites for hydroxylation is 3. The van der Waals surface area contributed by atoms with E-state index in [1.165, 1.54) is 0 Å². The number of benzene rings is 2.